The standard InChI is InChI=1S/C41H43N7O4/c1-26-4-5-29(38-27(2)44-52-28(38)3)23-36(26)47(32-8-6-31(7-9-32)41(25-42)14-15-41)21-18-45-16-19-46(20-17-45)33-10-11-34-30(22-33)24-48(40(34)51)35-12-13-37(49)43-39(35)50/h4-11,22-23,35H,12-21,24H2,1-3H3,(H,43,49,50). The summed E-state index contributed by atoms with van der Waals surface area (Å²) >= 11 is 0. The minimum absolute atomic E-state index is 0.148. The number of hydrogen-bond acceptors (Lipinski definition) is 9. The van der Waals surface area contributed by atoms with Gasteiger partial charge in [0.05, 0.1) is 17.2 Å². The molecule has 52 heavy (non-hydrogen) atoms. The number of aryl methyl sites for hydroxylation is 3. The lowest BCUT2D eigenvalue weighted by atomic mass is 9.97. The largest absolute Gasteiger partial charge is 0.369 e. The van der Waals surface area contributed by atoms with Crippen molar-refractivity contribution in [3.63, 3.8) is 0 Å². The van der Waals surface area contributed by atoms with Crippen molar-refractivity contribution in [1.29, 1.82) is 5.26 Å². The molecule has 4 heterocycles. The molecule has 1 saturated carbocycles. The van der Waals surface area contributed by atoms with Crippen molar-refractivity contribution in [1.82, 2.24) is 20.3 Å². The molecule has 3 aromatic carbocycles. The zero-order valence-electron chi connectivity index (χ0n) is 29.9. The van der Waals surface area contributed by atoms with E-state index in [9.17, 15) is 19.6 Å². The van der Waals surface area contributed by atoms with E-state index in [2.05, 4.69) is 86.7 Å². The van der Waals surface area contributed by atoms with Crippen molar-refractivity contribution in [2.24, 2.45) is 0 Å². The summed E-state index contributed by atoms with van der Waals surface area (Å²) in [7, 11) is 0. The molecule has 0 spiro atoms. The zero-order valence-corrected chi connectivity index (χ0v) is 29.9. The number of nitrogens with one attached hydrogen (secondary N) is 1. The summed E-state index contributed by atoms with van der Waals surface area (Å²) < 4.78 is 5.51. The van der Waals surface area contributed by atoms with E-state index in [1.54, 1.807) is 4.90 Å². The van der Waals surface area contributed by atoms with Crippen LogP contribution in [0.3, 0.4) is 0 Å². The maximum atomic E-state index is 13.2. The minimum atomic E-state index is -0.614. The Kier molecular flexibility index (Phi) is 8.58. The summed E-state index contributed by atoms with van der Waals surface area (Å²) in [6.07, 6.45) is 2.44. The van der Waals surface area contributed by atoms with Crippen LogP contribution in [0.15, 0.2) is 65.2 Å². The number of rotatable bonds is 9. The topological polar surface area (TPSA) is 126 Å². The van der Waals surface area contributed by atoms with Crippen LogP contribution >= 0.6 is 0 Å². The van der Waals surface area contributed by atoms with Crippen LogP contribution in [-0.4, -0.2) is 78.0 Å². The number of imide groups is 1. The molecule has 11 nitrogen and oxygen atoms in total. The van der Waals surface area contributed by atoms with E-state index in [4.69, 9.17) is 4.52 Å². The Morgan fingerprint density at radius 2 is 1.75 bits per heavy atom. The molecule has 3 aliphatic heterocycles. The van der Waals surface area contributed by atoms with E-state index in [1.165, 1.54) is 5.56 Å². The third-order valence-electron chi connectivity index (χ3n) is 11.4. The van der Waals surface area contributed by atoms with Gasteiger partial charge in [-0.25, -0.2) is 0 Å². The van der Waals surface area contributed by atoms with Gasteiger partial charge in [-0.05, 0) is 98.7 Å². The van der Waals surface area contributed by atoms with Gasteiger partial charge in [0.15, 0.2) is 0 Å². The lowest BCUT2D eigenvalue weighted by Gasteiger charge is -2.37. The molecule has 1 unspecified atom stereocenters. The van der Waals surface area contributed by atoms with Crippen molar-refractivity contribution >= 4 is 34.8 Å². The van der Waals surface area contributed by atoms with Crippen LogP contribution in [0.4, 0.5) is 17.1 Å². The summed E-state index contributed by atoms with van der Waals surface area (Å²) in [5.74, 6) is -0.0222. The number of piperazine rings is 1. The quantitative estimate of drug-likeness (QED) is 0.224. The number of aromatic nitrogens is 1. The third kappa shape index (κ3) is 6.11. The normalized spacial score (nSPS) is 19.7. The maximum absolute atomic E-state index is 13.2. The second-order valence-electron chi connectivity index (χ2n) is 14.7. The smallest absolute Gasteiger partial charge is 0.255 e. The lowest BCUT2D eigenvalue weighted by Crippen LogP contribution is -2.52. The number of nitriles is 1. The zero-order chi connectivity index (χ0) is 36.1. The summed E-state index contributed by atoms with van der Waals surface area (Å²) in [6, 6.07) is 23.0. The first-order chi connectivity index (χ1) is 25.1. The number of fused-ring (bicyclic) bond motifs is 1. The molecule has 2 saturated heterocycles. The molecule has 4 aromatic rings. The van der Waals surface area contributed by atoms with E-state index >= 15 is 0 Å². The number of anilines is 3. The van der Waals surface area contributed by atoms with Gasteiger partial charge in [0.1, 0.15) is 11.8 Å². The summed E-state index contributed by atoms with van der Waals surface area (Å²) in [5.41, 5.74) is 9.76. The van der Waals surface area contributed by atoms with Gasteiger partial charge in [0.25, 0.3) is 5.91 Å². The molecule has 1 aromatic heterocycles. The summed E-state index contributed by atoms with van der Waals surface area (Å²) in [6.45, 7) is 11.6. The van der Waals surface area contributed by atoms with Crippen molar-refractivity contribution in [3.05, 3.63) is 94.4 Å². The highest BCUT2D eigenvalue weighted by molar-refractivity contribution is 6.05. The van der Waals surface area contributed by atoms with E-state index in [0.717, 1.165) is 103 Å². The molecule has 4 aliphatic rings. The first-order valence-corrected chi connectivity index (χ1v) is 18.2. The van der Waals surface area contributed by atoms with Gasteiger partial charge < -0.3 is 19.2 Å². The van der Waals surface area contributed by atoms with E-state index in [1.807, 2.05) is 26.0 Å². The molecule has 0 radical (unpaired) electrons. The highest BCUT2D eigenvalue weighted by Gasteiger charge is 2.45. The molecular weight excluding hydrogens is 654 g/mol. The highest BCUT2D eigenvalue weighted by Crippen LogP contribution is 2.48. The monoisotopic (exact) mass is 697 g/mol. The molecule has 8 rings (SSSR count). The third-order valence-corrected chi connectivity index (χ3v) is 11.4. The Morgan fingerprint density at radius 1 is 0.981 bits per heavy atom. The van der Waals surface area contributed by atoms with Gasteiger partial charge in [-0.3, -0.25) is 24.6 Å². The second-order valence-corrected chi connectivity index (χ2v) is 14.7. The second kappa shape index (κ2) is 13.3. The van der Waals surface area contributed by atoms with Gasteiger partial charge in [0.2, 0.25) is 11.8 Å². The Labute approximate surface area is 303 Å². The fourth-order valence-corrected chi connectivity index (χ4v) is 8.12. The molecule has 0 bridgehead atoms. The molecule has 1 aliphatic carbocycles. The van der Waals surface area contributed by atoms with Crippen LogP contribution in [-0.2, 0) is 21.5 Å². The van der Waals surface area contributed by atoms with Crippen molar-refractivity contribution < 1.29 is 18.9 Å². The van der Waals surface area contributed by atoms with Gasteiger partial charge in [-0.15, -0.1) is 0 Å². The van der Waals surface area contributed by atoms with Crippen LogP contribution < -0.4 is 15.1 Å². The van der Waals surface area contributed by atoms with Gasteiger partial charge in [-0.2, -0.15) is 5.26 Å². The lowest BCUT2D eigenvalue weighted by molar-refractivity contribution is -0.136. The number of benzene rings is 3. The van der Waals surface area contributed by atoms with Gasteiger partial charge in [0, 0.05) is 80.4 Å². The van der Waals surface area contributed by atoms with Crippen LogP contribution in [0.2, 0.25) is 0 Å². The van der Waals surface area contributed by atoms with Gasteiger partial charge >= 0.3 is 0 Å². The molecular formula is C41H43N7O4. The first-order valence-electron chi connectivity index (χ1n) is 18.2. The predicted molar refractivity (Wildman–Crippen MR) is 197 cm³/mol. The van der Waals surface area contributed by atoms with Crippen molar-refractivity contribution in [2.75, 3.05) is 49.1 Å². The van der Waals surface area contributed by atoms with Gasteiger partial charge in [-0.1, -0.05) is 29.4 Å². The fraction of sp³-hybridized carbons (Fsp3) is 0.390. The van der Waals surface area contributed by atoms with E-state index < -0.39 is 11.9 Å². The Balaban J connectivity index is 0.968. The molecule has 266 valence electrons. The van der Waals surface area contributed by atoms with Crippen molar-refractivity contribution in [3.8, 4) is 17.2 Å². The number of carbonyl (C=O) groups is 3. The van der Waals surface area contributed by atoms with E-state index in [-0.39, 0.29) is 23.7 Å². The number of amides is 3. The van der Waals surface area contributed by atoms with Crippen LogP contribution in [0.1, 0.15) is 64.2 Å². The SMILES string of the molecule is Cc1ccc(-c2c(C)noc2C)cc1N(CCN1CCN(c2ccc3c(c2)CN(C2CCC(=O)NC2=O)C3=O)CC1)c1ccc(C2(C#N)CC2)cc1. The highest BCUT2D eigenvalue weighted by atomic mass is 16.5. The number of nitrogens with zero attached hydrogens (tertiary/aromatic N) is 6. The van der Waals surface area contributed by atoms with Crippen molar-refractivity contribution in [2.45, 2.75) is 64.5 Å². The Morgan fingerprint density at radius 3 is 2.42 bits per heavy atom. The predicted octanol–water partition coefficient (Wildman–Crippen LogP) is 5.54. The number of hydrogen-bond donors (Lipinski definition) is 1. The molecule has 3 fully saturated rings. The van der Waals surface area contributed by atoms with E-state index in [0.29, 0.717) is 18.5 Å². The first kappa shape index (κ1) is 33.7. The Hall–Kier alpha value is -5.47. The average molecular weight is 698 g/mol. The summed E-state index contributed by atoms with van der Waals surface area (Å²) in [5, 5.41) is 16.4. The fourth-order valence-electron chi connectivity index (χ4n) is 8.12. The Bertz CT molecular complexity index is 2080. The minimum Gasteiger partial charge on any atom is -0.369 e. The molecule has 11 heteroatoms. The van der Waals surface area contributed by atoms with Crippen LogP contribution in [0.5, 0.6) is 0 Å². The summed E-state index contributed by atoms with van der Waals surface area (Å²) in [4.78, 5) is 46.2. The molecule has 1 atom stereocenters. The van der Waals surface area contributed by atoms with Crippen LogP contribution in [0.25, 0.3) is 11.1 Å². The molecule has 3 amide bonds. The maximum Gasteiger partial charge on any atom is 0.255 e. The number of carbonyl (C=O) groups excluding carboxylic acids is 3. The molecule has 1 N–H and O–H groups in total. The average Bonchev–Trinajstić information content (AvgIpc) is 3.80. The van der Waals surface area contributed by atoms with Crippen LogP contribution in [0, 0.1) is 32.1 Å². The number of piperidine rings is 1.